The lowest BCUT2D eigenvalue weighted by Crippen LogP contribution is -2.16. The van der Waals surface area contributed by atoms with Gasteiger partial charge in [-0.1, -0.05) is 49.4 Å². The van der Waals surface area contributed by atoms with Gasteiger partial charge >= 0.3 is 0 Å². The number of pyridine rings is 1. The highest BCUT2D eigenvalue weighted by Gasteiger charge is 2.09. The molecular formula is C12H19Cl2N3. The van der Waals surface area contributed by atoms with Gasteiger partial charge in [-0.15, -0.1) is 0 Å². The monoisotopic (exact) mass is 275 g/mol. The van der Waals surface area contributed by atoms with Crippen molar-refractivity contribution in [2.45, 2.75) is 45.6 Å². The standard InChI is InChI=1S/C12H19Cl2N3/c1-3-4-5-6-8(2)16-12-10(14)7-9(13)11(15)17-12/h7-8H,3-6H2,1-2H3,(H3,15,16,17). The van der Waals surface area contributed by atoms with Crippen molar-refractivity contribution in [3.63, 3.8) is 0 Å². The Morgan fingerprint density at radius 1 is 1.35 bits per heavy atom. The molecule has 0 saturated carbocycles. The van der Waals surface area contributed by atoms with E-state index in [9.17, 15) is 0 Å². The van der Waals surface area contributed by atoms with E-state index in [0.717, 1.165) is 6.42 Å². The molecule has 3 N–H and O–H groups in total. The minimum Gasteiger partial charge on any atom is -0.382 e. The number of hydrogen-bond acceptors (Lipinski definition) is 3. The van der Waals surface area contributed by atoms with E-state index < -0.39 is 0 Å². The number of nitrogens with one attached hydrogen (secondary N) is 1. The van der Waals surface area contributed by atoms with Gasteiger partial charge in [-0.3, -0.25) is 0 Å². The molecule has 3 nitrogen and oxygen atoms in total. The van der Waals surface area contributed by atoms with Gasteiger partial charge in [-0.2, -0.15) is 0 Å². The number of nitrogens with zero attached hydrogens (tertiary/aromatic N) is 1. The zero-order chi connectivity index (χ0) is 12.8. The van der Waals surface area contributed by atoms with Crippen LogP contribution in [0.15, 0.2) is 6.07 Å². The van der Waals surface area contributed by atoms with Crippen LogP contribution >= 0.6 is 23.2 Å². The number of aromatic nitrogens is 1. The van der Waals surface area contributed by atoms with Gasteiger partial charge in [-0.25, -0.2) is 4.98 Å². The maximum atomic E-state index is 6.04. The van der Waals surface area contributed by atoms with Crippen LogP contribution in [-0.4, -0.2) is 11.0 Å². The van der Waals surface area contributed by atoms with Gasteiger partial charge in [0.25, 0.3) is 0 Å². The quantitative estimate of drug-likeness (QED) is 0.759. The predicted octanol–water partition coefficient (Wildman–Crippen LogP) is 4.35. The third-order valence-electron chi connectivity index (χ3n) is 2.58. The van der Waals surface area contributed by atoms with Gasteiger partial charge in [0, 0.05) is 6.04 Å². The van der Waals surface area contributed by atoms with Gasteiger partial charge in [0.2, 0.25) is 0 Å². The lowest BCUT2D eigenvalue weighted by Gasteiger charge is -2.15. The summed E-state index contributed by atoms with van der Waals surface area (Å²) in [6, 6.07) is 1.94. The third kappa shape index (κ3) is 4.60. The summed E-state index contributed by atoms with van der Waals surface area (Å²) in [5.74, 6) is 0.914. The molecule has 0 aromatic carbocycles. The second kappa shape index (κ2) is 6.92. The highest BCUT2D eigenvalue weighted by Crippen LogP contribution is 2.28. The normalized spacial score (nSPS) is 12.5. The zero-order valence-corrected chi connectivity index (χ0v) is 11.8. The molecule has 0 radical (unpaired) electrons. The SMILES string of the molecule is CCCCCC(C)Nc1nc(N)c(Cl)cc1Cl. The van der Waals surface area contributed by atoms with Crippen molar-refractivity contribution >= 4 is 34.8 Å². The number of halogens is 2. The molecule has 0 bridgehead atoms. The number of rotatable bonds is 6. The summed E-state index contributed by atoms with van der Waals surface area (Å²) in [5.41, 5.74) is 5.65. The molecule has 96 valence electrons. The Balaban J connectivity index is 2.58. The average molecular weight is 276 g/mol. The third-order valence-corrected chi connectivity index (χ3v) is 3.17. The first-order valence-corrected chi connectivity index (χ1v) is 6.68. The maximum Gasteiger partial charge on any atom is 0.147 e. The number of nitrogens with two attached hydrogens (primary N) is 1. The summed E-state index contributed by atoms with van der Waals surface area (Å²) < 4.78 is 0. The molecule has 0 aliphatic heterocycles. The minimum absolute atomic E-state index is 0.305. The molecule has 5 heteroatoms. The minimum atomic E-state index is 0.305. The van der Waals surface area contributed by atoms with Crippen LogP contribution in [0.2, 0.25) is 10.0 Å². The Morgan fingerprint density at radius 3 is 2.71 bits per heavy atom. The van der Waals surface area contributed by atoms with Crippen LogP contribution in [0.5, 0.6) is 0 Å². The Morgan fingerprint density at radius 2 is 2.06 bits per heavy atom. The summed E-state index contributed by atoms with van der Waals surface area (Å²) in [6.45, 7) is 4.30. The summed E-state index contributed by atoms with van der Waals surface area (Å²) in [7, 11) is 0. The zero-order valence-electron chi connectivity index (χ0n) is 10.3. The Hall–Kier alpha value is -0.670. The van der Waals surface area contributed by atoms with Crippen LogP contribution in [0.3, 0.4) is 0 Å². The van der Waals surface area contributed by atoms with Crippen molar-refractivity contribution in [1.29, 1.82) is 0 Å². The first-order valence-electron chi connectivity index (χ1n) is 5.92. The molecule has 0 amide bonds. The van der Waals surface area contributed by atoms with Gasteiger partial charge < -0.3 is 11.1 Å². The van der Waals surface area contributed by atoms with Crippen LogP contribution in [0.25, 0.3) is 0 Å². The fourth-order valence-corrected chi connectivity index (χ4v) is 2.00. The molecule has 1 aromatic heterocycles. The van der Waals surface area contributed by atoms with Crippen LogP contribution < -0.4 is 11.1 Å². The van der Waals surface area contributed by atoms with Crippen LogP contribution in [0.1, 0.15) is 39.5 Å². The van der Waals surface area contributed by atoms with Crippen LogP contribution in [0, 0.1) is 0 Å². The van der Waals surface area contributed by atoms with Crippen molar-refractivity contribution in [1.82, 2.24) is 4.98 Å². The maximum absolute atomic E-state index is 6.04. The molecular weight excluding hydrogens is 257 g/mol. The molecule has 17 heavy (non-hydrogen) atoms. The van der Waals surface area contributed by atoms with Gasteiger partial charge in [0.15, 0.2) is 0 Å². The first kappa shape index (κ1) is 14.4. The van der Waals surface area contributed by atoms with E-state index in [1.165, 1.54) is 19.3 Å². The molecule has 1 aromatic rings. The van der Waals surface area contributed by atoms with Gasteiger partial charge in [0.1, 0.15) is 11.6 Å². The lowest BCUT2D eigenvalue weighted by atomic mass is 10.1. The van der Waals surface area contributed by atoms with Crippen LogP contribution in [0.4, 0.5) is 11.6 Å². The molecule has 0 saturated heterocycles. The van der Waals surface area contributed by atoms with E-state index in [-0.39, 0.29) is 0 Å². The van der Waals surface area contributed by atoms with Gasteiger partial charge in [0.05, 0.1) is 10.0 Å². The van der Waals surface area contributed by atoms with Crippen molar-refractivity contribution < 1.29 is 0 Å². The topological polar surface area (TPSA) is 50.9 Å². The molecule has 1 unspecified atom stereocenters. The second-order valence-electron chi connectivity index (χ2n) is 4.23. The van der Waals surface area contributed by atoms with Gasteiger partial charge in [-0.05, 0) is 19.4 Å². The van der Waals surface area contributed by atoms with Crippen LogP contribution in [-0.2, 0) is 0 Å². The highest BCUT2D eigenvalue weighted by atomic mass is 35.5. The Kier molecular flexibility index (Phi) is 5.86. The van der Waals surface area contributed by atoms with E-state index in [1.54, 1.807) is 6.07 Å². The Labute approximate surface area is 113 Å². The molecule has 0 fully saturated rings. The van der Waals surface area contributed by atoms with E-state index in [1.807, 2.05) is 0 Å². The molecule has 0 spiro atoms. The fraction of sp³-hybridized carbons (Fsp3) is 0.583. The summed E-state index contributed by atoms with van der Waals surface area (Å²) in [6.07, 6.45) is 4.76. The molecule has 1 rings (SSSR count). The van der Waals surface area contributed by atoms with E-state index >= 15 is 0 Å². The number of nitrogen functional groups attached to an aromatic ring is 1. The summed E-state index contributed by atoms with van der Waals surface area (Å²) in [4.78, 5) is 4.14. The van der Waals surface area contributed by atoms with Crippen molar-refractivity contribution in [2.24, 2.45) is 0 Å². The van der Waals surface area contributed by atoms with Crippen molar-refractivity contribution in [3.05, 3.63) is 16.1 Å². The predicted molar refractivity (Wildman–Crippen MR) is 75.9 cm³/mol. The summed E-state index contributed by atoms with van der Waals surface area (Å²) >= 11 is 11.9. The highest BCUT2D eigenvalue weighted by molar-refractivity contribution is 6.37. The first-order chi connectivity index (χ1) is 8.04. The largest absolute Gasteiger partial charge is 0.382 e. The van der Waals surface area contributed by atoms with E-state index in [2.05, 4.69) is 24.1 Å². The number of hydrogen-bond donors (Lipinski definition) is 2. The van der Waals surface area contributed by atoms with Crippen molar-refractivity contribution in [2.75, 3.05) is 11.1 Å². The van der Waals surface area contributed by atoms with E-state index in [0.29, 0.717) is 27.7 Å². The number of unbranched alkanes of at least 4 members (excludes halogenated alkanes) is 2. The fourth-order valence-electron chi connectivity index (χ4n) is 1.59. The van der Waals surface area contributed by atoms with E-state index in [4.69, 9.17) is 28.9 Å². The molecule has 1 atom stereocenters. The number of anilines is 2. The second-order valence-corrected chi connectivity index (χ2v) is 5.04. The molecule has 0 aliphatic carbocycles. The smallest absolute Gasteiger partial charge is 0.147 e. The molecule has 1 heterocycles. The van der Waals surface area contributed by atoms with Crippen molar-refractivity contribution in [3.8, 4) is 0 Å². The average Bonchev–Trinajstić information content (AvgIpc) is 2.26. The summed E-state index contributed by atoms with van der Waals surface area (Å²) in [5, 5.41) is 4.15. The lowest BCUT2D eigenvalue weighted by molar-refractivity contribution is 0.614. The Bertz CT molecular complexity index is 369. The molecule has 0 aliphatic rings.